The molecular weight excluding hydrogens is 439 g/mol. The number of esters is 1. The molecule has 188 valence electrons. The zero-order valence-electron chi connectivity index (χ0n) is 20.4. The molecule has 6 nitrogen and oxygen atoms in total. The maximum absolute atomic E-state index is 13.7. The van der Waals surface area contributed by atoms with Crippen LogP contribution in [0.15, 0.2) is 34.6 Å². The van der Waals surface area contributed by atoms with Gasteiger partial charge in [0, 0.05) is 12.2 Å². The number of alkyl halides is 3. The van der Waals surface area contributed by atoms with Crippen LogP contribution in [-0.2, 0) is 23.8 Å². The molecule has 1 atom stereocenters. The fourth-order valence-electron chi connectivity index (χ4n) is 3.44. The molecule has 0 radical (unpaired) electrons. The van der Waals surface area contributed by atoms with E-state index in [0.717, 1.165) is 25.0 Å². The predicted octanol–water partition coefficient (Wildman–Crippen LogP) is 5.15. The van der Waals surface area contributed by atoms with E-state index in [9.17, 15) is 22.8 Å². The number of carbonyl (C=O) groups is 2. The van der Waals surface area contributed by atoms with Crippen LogP contribution >= 0.6 is 0 Å². The molecule has 1 amide bonds. The molecule has 33 heavy (non-hydrogen) atoms. The van der Waals surface area contributed by atoms with E-state index in [1.165, 1.54) is 6.92 Å². The van der Waals surface area contributed by atoms with E-state index in [2.05, 4.69) is 5.32 Å². The van der Waals surface area contributed by atoms with Gasteiger partial charge in [0.15, 0.2) is 0 Å². The monoisotopic (exact) mass is 475 g/mol. The highest BCUT2D eigenvalue weighted by Gasteiger charge is 2.39. The molecule has 0 bridgehead atoms. The summed E-state index contributed by atoms with van der Waals surface area (Å²) in [4.78, 5) is 25.5. The average molecular weight is 476 g/mol. The van der Waals surface area contributed by atoms with Crippen LogP contribution in [0.5, 0.6) is 0 Å². The summed E-state index contributed by atoms with van der Waals surface area (Å²) in [5.41, 5.74) is -1.73. The quantitative estimate of drug-likeness (QED) is 0.194. The molecular formula is C24H36F3NO5. The highest BCUT2D eigenvalue weighted by molar-refractivity contribution is 6.00. The van der Waals surface area contributed by atoms with Gasteiger partial charge in [-0.15, -0.1) is 0 Å². The predicted molar refractivity (Wildman–Crippen MR) is 119 cm³/mol. The first-order chi connectivity index (χ1) is 15.4. The molecule has 0 aromatic heterocycles. The first-order valence-electron chi connectivity index (χ1n) is 11.3. The van der Waals surface area contributed by atoms with E-state index in [4.69, 9.17) is 14.2 Å². The van der Waals surface area contributed by atoms with Crippen molar-refractivity contribution in [1.29, 1.82) is 0 Å². The summed E-state index contributed by atoms with van der Waals surface area (Å²) in [5, 5.41) is 2.68. The fourth-order valence-corrected chi connectivity index (χ4v) is 3.44. The Morgan fingerprint density at radius 3 is 2.15 bits per heavy atom. The number of hydrogen-bond donors (Lipinski definition) is 1. The molecule has 1 aliphatic heterocycles. The van der Waals surface area contributed by atoms with E-state index in [0.29, 0.717) is 12.2 Å². The van der Waals surface area contributed by atoms with Crippen molar-refractivity contribution in [3.8, 4) is 0 Å². The summed E-state index contributed by atoms with van der Waals surface area (Å²) in [5.74, 6) is -1.53. The Bertz CT molecular complexity index is 769. The number of halogens is 3. The van der Waals surface area contributed by atoms with Gasteiger partial charge in [0.2, 0.25) is 0 Å². The minimum absolute atomic E-state index is 0.0271. The van der Waals surface area contributed by atoms with Crippen LogP contribution in [0.1, 0.15) is 67.2 Å². The van der Waals surface area contributed by atoms with Crippen LogP contribution in [-0.4, -0.2) is 49.5 Å². The summed E-state index contributed by atoms with van der Waals surface area (Å²) in [6.07, 6.45) is -0.827. The Labute approximate surface area is 194 Å². The van der Waals surface area contributed by atoms with Crippen LogP contribution in [0.2, 0.25) is 0 Å². The number of hydrogen-bond acceptors (Lipinski definition) is 5. The largest absolute Gasteiger partial charge is 0.495 e. The first-order valence-corrected chi connectivity index (χ1v) is 11.3. The molecule has 1 heterocycles. The lowest BCUT2D eigenvalue weighted by molar-refractivity contribution is -0.153. The SMILES string of the molecule is CCOC(=O)C(CC)(CC)NC(=O)C(/C=C\C(=C(/C)OCC1CCCO1)C(F)(F)F)=C(C)C. The maximum Gasteiger partial charge on any atom is 0.419 e. The third kappa shape index (κ3) is 8.21. The van der Waals surface area contributed by atoms with Crippen LogP contribution in [0.3, 0.4) is 0 Å². The summed E-state index contributed by atoms with van der Waals surface area (Å²) >= 11 is 0. The number of rotatable bonds is 11. The molecule has 0 spiro atoms. The lowest BCUT2D eigenvalue weighted by Gasteiger charge is -2.30. The molecule has 0 aliphatic carbocycles. The molecule has 1 fully saturated rings. The lowest BCUT2D eigenvalue weighted by Crippen LogP contribution is -2.54. The molecule has 1 rings (SSSR count). The molecule has 1 saturated heterocycles. The summed E-state index contributed by atoms with van der Waals surface area (Å²) in [6, 6.07) is 0. The van der Waals surface area contributed by atoms with Crippen molar-refractivity contribution < 1.29 is 37.0 Å². The van der Waals surface area contributed by atoms with Gasteiger partial charge in [-0.1, -0.05) is 19.4 Å². The molecule has 0 aromatic carbocycles. The van der Waals surface area contributed by atoms with Gasteiger partial charge in [-0.2, -0.15) is 13.2 Å². The fraction of sp³-hybridized carbons (Fsp3) is 0.667. The first kappa shape index (κ1) is 28.7. The third-order valence-corrected chi connectivity index (χ3v) is 5.62. The highest BCUT2D eigenvalue weighted by atomic mass is 19.4. The van der Waals surface area contributed by atoms with Crippen molar-refractivity contribution in [1.82, 2.24) is 5.32 Å². The lowest BCUT2D eigenvalue weighted by atomic mass is 9.92. The number of carbonyl (C=O) groups excluding carboxylic acids is 2. The van der Waals surface area contributed by atoms with Gasteiger partial charge in [-0.05, 0) is 65.5 Å². The molecule has 0 saturated carbocycles. The Kier molecular flexibility index (Phi) is 11.2. The Morgan fingerprint density at radius 1 is 1.06 bits per heavy atom. The van der Waals surface area contributed by atoms with Gasteiger partial charge in [-0.25, -0.2) is 4.79 Å². The summed E-state index contributed by atoms with van der Waals surface area (Å²) < 4.78 is 56.9. The number of ether oxygens (including phenoxy) is 3. The van der Waals surface area contributed by atoms with Gasteiger partial charge in [0.25, 0.3) is 5.91 Å². The van der Waals surface area contributed by atoms with Gasteiger partial charge in [0.05, 0.1) is 18.3 Å². The summed E-state index contributed by atoms with van der Waals surface area (Å²) in [6.45, 7) is 10.3. The van der Waals surface area contributed by atoms with Crippen molar-refractivity contribution in [2.45, 2.75) is 85.0 Å². The van der Waals surface area contributed by atoms with Crippen molar-refractivity contribution in [3.63, 3.8) is 0 Å². The maximum atomic E-state index is 13.7. The van der Waals surface area contributed by atoms with E-state index in [1.807, 2.05) is 0 Å². The van der Waals surface area contributed by atoms with Gasteiger partial charge in [0.1, 0.15) is 17.9 Å². The minimum Gasteiger partial charge on any atom is -0.495 e. The van der Waals surface area contributed by atoms with Crippen LogP contribution in [0.4, 0.5) is 13.2 Å². The Morgan fingerprint density at radius 2 is 1.70 bits per heavy atom. The van der Waals surface area contributed by atoms with E-state index in [1.54, 1.807) is 34.6 Å². The minimum atomic E-state index is -4.68. The average Bonchev–Trinajstić information content (AvgIpc) is 3.26. The van der Waals surface area contributed by atoms with Crippen LogP contribution in [0, 0.1) is 0 Å². The molecule has 9 heteroatoms. The number of amides is 1. The second kappa shape index (κ2) is 12.8. The van der Waals surface area contributed by atoms with Crippen molar-refractivity contribution in [2.24, 2.45) is 0 Å². The number of allylic oxidation sites excluding steroid dienone is 4. The zero-order valence-corrected chi connectivity index (χ0v) is 20.4. The molecule has 1 unspecified atom stereocenters. The van der Waals surface area contributed by atoms with Gasteiger partial charge >= 0.3 is 12.1 Å². The van der Waals surface area contributed by atoms with E-state index >= 15 is 0 Å². The third-order valence-electron chi connectivity index (χ3n) is 5.62. The smallest absolute Gasteiger partial charge is 0.419 e. The molecule has 1 aliphatic rings. The van der Waals surface area contributed by atoms with Gasteiger partial charge in [-0.3, -0.25) is 4.79 Å². The second-order valence-corrected chi connectivity index (χ2v) is 8.12. The molecule has 0 aromatic rings. The summed E-state index contributed by atoms with van der Waals surface area (Å²) in [7, 11) is 0. The van der Waals surface area contributed by atoms with E-state index in [-0.39, 0.29) is 43.5 Å². The topological polar surface area (TPSA) is 73.9 Å². The Hall–Kier alpha value is -2.29. The van der Waals surface area contributed by atoms with Crippen LogP contribution in [0.25, 0.3) is 0 Å². The van der Waals surface area contributed by atoms with Crippen molar-refractivity contribution in [3.05, 3.63) is 34.6 Å². The second-order valence-electron chi connectivity index (χ2n) is 8.12. The van der Waals surface area contributed by atoms with E-state index < -0.39 is 29.2 Å². The zero-order chi connectivity index (χ0) is 25.2. The number of nitrogens with one attached hydrogen (secondary N) is 1. The molecule has 1 N–H and O–H groups in total. The van der Waals surface area contributed by atoms with Gasteiger partial charge < -0.3 is 19.5 Å². The standard InChI is InChI=1S/C24H36F3NO5/c1-7-23(8-2,22(30)31-9-3)28-21(29)19(16(4)5)12-13-20(24(25,26)27)17(6)33-15-18-11-10-14-32-18/h12-13,18H,7-11,14-15H2,1-6H3,(H,28,29)/b13-12-,20-17-. The Balaban J connectivity index is 3.17. The highest BCUT2D eigenvalue weighted by Crippen LogP contribution is 2.31. The van der Waals surface area contributed by atoms with Crippen LogP contribution < -0.4 is 5.32 Å². The normalized spacial score (nSPS) is 17.5. The van der Waals surface area contributed by atoms with Crippen molar-refractivity contribution >= 4 is 11.9 Å². The van der Waals surface area contributed by atoms with Crippen molar-refractivity contribution in [2.75, 3.05) is 19.8 Å².